The van der Waals surface area contributed by atoms with Gasteiger partial charge < -0.3 is 4.57 Å². The molecule has 0 radical (unpaired) electrons. The Morgan fingerprint density at radius 3 is 2.53 bits per heavy atom. The van der Waals surface area contributed by atoms with Gasteiger partial charge in [0.15, 0.2) is 0 Å². The fraction of sp³-hybridized carbons (Fsp3) is 0.167. The lowest BCUT2D eigenvalue weighted by Gasteiger charge is -2.04. The van der Waals surface area contributed by atoms with Gasteiger partial charge >= 0.3 is 0 Å². The third-order valence-corrected chi connectivity index (χ3v) is 2.99. The predicted molar refractivity (Wildman–Crippen MR) is 64.7 cm³/mol. The minimum Gasteiger partial charge on any atom is -0.350 e. The Kier molecular flexibility index (Phi) is 3.03. The highest BCUT2D eigenvalue weighted by molar-refractivity contribution is 6.42. The molecule has 1 aromatic carbocycles. The Bertz CT molecular complexity index is 474. The third-order valence-electron chi connectivity index (χ3n) is 2.25. The highest BCUT2D eigenvalue weighted by Crippen LogP contribution is 2.23. The van der Waals surface area contributed by atoms with E-state index in [0.717, 1.165) is 12.1 Å². The molecule has 0 unspecified atom stereocenters. The van der Waals surface area contributed by atoms with Gasteiger partial charge in [-0.2, -0.15) is 0 Å². The molecule has 0 saturated heterocycles. The molecule has 0 aliphatic rings. The zero-order valence-electron chi connectivity index (χ0n) is 8.37. The van der Waals surface area contributed by atoms with Gasteiger partial charge in [-0.1, -0.05) is 29.3 Å². The van der Waals surface area contributed by atoms with E-state index in [2.05, 4.69) is 30.0 Å². The number of aryl methyl sites for hydroxylation is 1. The Labute approximate surface area is 99.2 Å². The van der Waals surface area contributed by atoms with Crippen molar-refractivity contribution in [3.63, 3.8) is 0 Å². The van der Waals surface area contributed by atoms with Crippen LogP contribution in [0.5, 0.6) is 0 Å². The highest BCUT2D eigenvalue weighted by Gasteiger charge is 2.00. The second-order valence-electron chi connectivity index (χ2n) is 3.61. The van der Waals surface area contributed by atoms with Gasteiger partial charge in [0.2, 0.25) is 0 Å². The first-order valence-corrected chi connectivity index (χ1v) is 5.47. The summed E-state index contributed by atoms with van der Waals surface area (Å²) in [4.78, 5) is 0. The lowest BCUT2D eigenvalue weighted by Crippen LogP contribution is -1.95. The van der Waals surface area contributed by atoms with Gasteiger partial charge in [0.25, 0.3) is 0 Å². The second kappa shape index (κ2) is 4.30. The maximum absolute atomic E-state index is 5.94. The molecule has 78 valence electrons. The average molecular weight is 240 g/mol. The molecule has 1 nitrogen and oxygen atoms in total. The summed E-state index contributed by atoms with van der Waals surface area (Å²) in [7, 11) is 0. The van der Waals surface area contributed by atoms with E-state index in [4.69, 9.17) is 23.2 Å². The summed E-state index contributed by atoms with van der Waals surface area (Å²) in [6.45, 7) is 2.90. The Hall–Kier alpha value is -0.920. The van der Waals surface area contributed by atoms with E-state index in [0.29, 0.717) is 10.0 Å². The van der Waals surface area contributed by atoms with Crippen molar-refractivity contribution in [3.05, 3.63) is 57.8 Å². The van der Waals surface area contributed by atoms with Gasteiger partial charge in [-0.3, -0.25) is 0 Å². The molecule has 0 bridgehead atoms. The van der Waals surface area contributed by atoms with E-state index < -0.39 is 0 Å². The van der Waals surface area contributed by atoms with Crippen molar-refractivity contribution in [2.75, 3.05) is 0 Å². The zero-order chi connectivity index (χ0) is 10.8. The first-order chi connectivity index (χ1) is 7.15. The summed E-state index contributed by atoms with van der Waals surface area (Å²) in [5, 5.41) is 1.21. The summed E-state index contributed by atoms with van der Waals surface area (Å²) >= 11 is 11.8. The molecule has 0 aliphatic carbocycles. The van der Waals surface area contributed by atoms with E-state index in [1.807, 2.05) is 18.2 Å². The SMILES string of the molecule is Cc1ccn(Cc2ccc(Cl)c(Cl)c2)c1. The standard InChI is InChI=1S/C12H11Cl2N/c1-9-4-5-15(7-9)8-10-2-3-11(13)12(14)6-10/h2-7H,8H2,1H3. The van der Waals surface area contributed by atoms with Crippen LogP contribution < -0.4 is 0 Å². The first-order valence-electron chi connectivity index (χ1n) is 4.71. The van der Waals surface area contributed by atoms with Gasteiger partial charge in [0.1, 0.15) is 0 Å². The van der Waals surface area contributed by atoms with Crippen LogP contribution in [0.4, 0.5) is 0 Å². The lowest BCUT2D eigenvalue weighted by molar-refractivity contribution is 0.804. The molecule has 15 heavy (non-hydrogen) atoms. The van der Waals surface area contributed by atoms with Crippen LogP contribution in [-0.2, 0) is 6.54 Å². The Morgan fingerprint density at radius 2 is 1.93 bits per heavy atom. The van der Waals surface area contributed by atoms with Crippen molar-refractivity contribution in [2.24, 2.45) is 0 Å². The number of benzene rings is 1. The monoisotopic (exact) mass is 239 g/mol. The summed E-state index contributed by atoms with van der Waals surface area (Å²) in [5.41, 5.74) is 2.41. The minimum atomic E-state index is 0.601. The molecule has 0 spiro atoms. The van der Waals surface area contributed by atoms with E-state index in [1.54, 1.807) is 0 Å². The minimum absolute atomic E-state index is 0.601. The Morgan fingerprint density at radius 1 is 1.13 bits per heavy atom. The molecule has 0 amide bonds. The number of hydrogen-bond donors (Lipinski definition) is 0. The first kappa shape index (κ1) is 10.6. The van der Waals surface area contributed by atoms with Gasteiger partial charge in [-0.05, 0) is 36.2 Å². The Balaban J connectivity index is 2.21. The lowest BCUT2D eigenvalue weighted by atomic mass is 10.2. The predicted octanol–water partition coefficient (Wildman–Crippen LogP) is 4.15. The topological polar surface area (TPSA) is 4.93 Å². The molecule has 3 heteroatoms. The van der Waals surface area contributed by atoms with Crippen LogP contribution in [0.25, 0.3) is 0 Å². The van der Waals surface area contributed by atoms with Crippen molar-refractivity contribution in [1.82, 2.24) is 4.57 Å². The largest absolute Gasteiger partial charge is 0.350 e. The molecular formula is C12H11Cl2N. The quantitative estimate of drug-likeness (QED) is 0.743. The highest BCUT2D eigenvalue weighted by atomic mass is 35.5. The van der Waals surface area contributed by atoms with Gasteiger partial charge in [-0.25, -0.2) is 0 Å². The molecule has 2 aromatic rings. The summed E-state index contributed by atoms with van der Waals surface area (Å²) < 4.78 is 2.12. The molecule has 1 heterocycles. The van der Waals surface area contributed by atoms with Crippen LogP contribution in [0.1, 0.15) is 11.1 Å². The van der Waals surface area contributed by atoms with Crippen LogP contribution in [-0.4, -0.2) is 4.57 Å². The van der Waals surface area contributed by atoms with Crippen LogP contribution in [0.2, 0.25) is 10.0 Å². The smallest absolute Gasteiger partial charge is 0.0595 e. The molecule has 2 rings (SSSR count). The fourth-order valence-electron chi connectivity index (χ4n) is 1.51. The van der Waals surface area contributed by atoms with Crippen molar-refractivity contribution in [2.45, 2.75) is 13.5 Å². The van der Waals surface area contributed by atoms with Crippen molar-refractivity contribution in [3.8, 4) is 0 Å². The summed E-state index contributed by atoms with van der Waals surface area (Å²) in [6, 6.07) is 7.80. The number of halogens is 2. The second-order valence-corrected chi connectivity index (χ2v) is 4.42. The van der Waals surface area contributed by atoms with Gasteiger partial charge in [0.05, 0.1) is 10.0 Å². The summed E-state index contributed by atoms with van der Waals surface area (Å²) in [5.74, 6) is 0. The van der Waals surface area contributed by atoms with Gasteiger partial charge in [0, 0.05) is 18.9 Å². The van der Waals surface area contributed by atoms with E-state index in [9.17, 15) is 0 Å². The van der Waals surface area contributed by atoms with Crippen LogP contribution in [0.15, 0.2) is 36.7 Å². The van der Waals surface area contributed by atoms with E-state index in [1.165, 1.54) is 5.56 Å². The van der Waals surface area contributed by atoms with Crippen molar-refractivity contribution in [1.29, 1.82) is 0 Å². The van der Waals surface area contributed by atoms with Crippen molar-refractivity contribution < 1.29 is 0 Å². The zero-order valence-corrected chi connectivity index (χ0v) is 9.89. The fourth-order valence-corrected chi connectivity index (χ4v) is 1.83. The molecule has 0 N–H and O–H groups in total. The van der Waals surface area contributed by atoms with E-state index >= 15 is 0 Å². The molecule has 0 atom stereocenters. The number of aromatic nitrogens is 1. The normalized spacial score (nSPS) is 10.6. The average Bonchev–Trinajstić information content (AvgIpc) is 2.58. The van der Waals surface area contributed by atoms with Crippen LogP contribution in [0, 0.1) is 6.92 Å². The van der Waals surface area contributed by atoms with E-state index in [-0.39, 0.29) is 0 Å². The maximum atomic E-state index is 5.94. The summed E-state index contributed by atoms with van der Waals surface area (Å²) in [6.07, 6.45) is 4.15. The molecule has 0 aliphatic heterocycles. The number of hydrogen-bond acceptors (Lipinski definition) is 0. The molecule has 1 aromatic heterocycles. The molecule has 0 saturated carbocycles. The van der Waals surface area contributed by atoms with Crippen molar-refractivity contribution >= 4 is 23.2 Å². The van der Waals surface area contributed by atoms with Crippen LogP contribution >= 0.6 is 23.2 Å². The third kappa shape index (κ3) is 2.55. The van der Waals surface area contributed by atoms with Gasteiger partial charge in [-0.15, -0.1) is 0 Å². The maximum Gasteiger partial charge on any atom is 0.0595 e. The number of nitrogens with zero attached hydrogens (tertiary/aromatic N) is 1. The van der Waals surface area contributed by atoms with Crippen LogP contribution in [0.3, 0.4) is 0 Å². The molecular weight excluding hydrogens is 229 g/mol. The molecule has 0 fully saturated rings. The number of rotatable bonds is 2.